The fourth-order valence-corrected chi connectivity index (χ4v) is 1.92. The highest BCUT2D eigenvalue weighted by Gasteiger charge is 2.34. The third-order valence-electron chi connectivity index (χ3n) is 2.71. The van der Waals surface area contributed by atoms with Crippen molar-refractivity contribution < 1.29 is 19.4 Å². The maximum Gasteiger partial charge on any atom is 0.265 e. The molecule has 5 nitrogen and oxygen atoms in total. The van der Waals surface area contributed by atoms with Gasteiger partial charge in [0.15, 0.2) is 0 Å². The second kappa shape index (κ2) is 6.15. The summed E-state index contributed by atoms with van der Waals surface area (Å²) >= 11 is 0. The van der Waals surface area contributed by atoms with E-state index in [2.05, 4.69) is 0 Å². The molecule has 0 atom stereocenters. The van der Waals surface area contributed by atoms with Crippen LogP contribution in [0.5, 0.6) is 0 Å². The zero-order valence-corrected chi connectivity index (χ0v) is 12.6. The largest absolute Gasteiger partial charge is 0.381 e. The fraction of sp³-hybridized carbons (Fsp3) is 0.467. The molecule has 0 radical (unpaired) electrons. The van der Waals surface area contributed by atoms with Crippen molar-refractivity contribution in [1.82, 2.24) is 0 Å². The molecule has 5 heteroatoms. The van der Waals surface area contributed by atoms with Gasteiger partial charge < -0.3 is 9.84 Å². The quantitative estimate of drug-likeness (QED) is 0.908. The van der Waals surface area contributed by atoms with Crippen LogP contribution in [0.15, 0.2) is 18.2 Å². The Bertz CT molecular complexity index is 497. The van der Waals surface area contributed by atoms with Crippen LogP contribution < -0.4 is 4.90 Å². The zero-order chi connectivity index (χ0) is 15.5. The van der Waals surface area contributed by atoms with Crippen molar-refractivity contribution in [2.24, 2.45) is 0 Å². The van der Waals surface area contributed by atoms with E-state index in [0.717, 1.165) is 16.0 Å². The van der Waals surface area contributed by atoms with Crippen molar-refractivity contribution in [2.75, 3.05) is 18.6 Å². The summed E-state index contributed by atoms with van der Waals surface area (Å²) in [6.07, 6.45) is 0. The molecule has 0 aromatic heterocycles. The van der Waals surface area contributed by atoms with Gasteiger partial charge in [0.1, 0.15) is 12.2 Å². The molecule has 0 fully saturated rings. The molecule has 1 rings (SSSR count). The van der Waals surface area contributed by atoms with Crippen molar-refractivity contribution in [1.29, 1.82) is 0 Å². The smallest absolute Gasteiger partial charge is 0.265 e. The van der Waals surface area contributed by atoms with Crippen LogP contribution in [0.4, 0.5) is 5.69 Å². The minimum atomic E-state index is -1.64. The molecule has 1 aromatic rings. The Labute approximate surface area is 119 Å². The Hall–Kier alpha value is -1.72. The normalized spacial score (nSPS) is 11.3. The Morgan fingerprint density at radius 1 is 1.20 bits per heavy atom. The Morgan fingerprint density at radius 3 is 2.10 bits per heavy atom. The van der Waals surface area contributed by atoms with Gasteiger partial charge in [0, 0.05) is 7.11 Å². The number of aryl methyl sites for hydroxylation is 2. The number of imide groups is 1. The molecule has 1 N–H and O–H groups in total. The van der Waals surface area contributed by atoms with E-state index in [1.165, 1.54) is 21.0 Å². The predicted octanol–water partition coefficient (Wildman–Crippen LogP) is 1.58. The molecular weight excluding hydrogens is 258 g/mol. The van der Waals surface area contributed by atoms with E-state index in [0.29, 0.717) is 5.69 Å². The van der Waals surface area contributed by atoms with Crippen LogP contribution in [0.1, 0.15) is 25.0 Å². The van der Waals surface area contributed by atoms with Gasteiger partial charge in [0.05, 0.1) is 5.69 Å². The molecule has 2 amide bonds. The van der Waals surface area contributed by atoms with Crippen LogP contribution in [0.3, 0.4) is 0 Å². The molecule has 1 aromatic carbocycles. The lowest BCUT2D eigenvalue weighted by Gasteiger charge is -2.27. The van der Waals surface area contributed by atoms with Crippen molar-refractivity contribution >= 4 is 17.5 Å². The van der Waals surface area contributed by atoms with Crippen molar-refractivity contribution in [3.05, 3.63) is 29.3 Å². The Morgan fingerprint density at radius 2 is 1.70 bits per heavy atom. The number of carbonyl (C=O) groups is 2. The van der Waals surface area contributed by atoms with E-state index >= 15 is 0 Å². The lowest BCUT2D eigenvalue weighted by Crippen LogP contribution is -2.49. The van der Waals surface area contributed by atoms with Crippen LogP contribution in [-0.2, 0) is 14.3 Å². The SMILES string of the molecule is COCC(=O)N(C(=O)C(C)(C)O)c1cc(C)cc(C)c1. The van der Waals surface area contributed by atoms with Crippen LogP contribution >= 0.6 is 0 Å². The summed E-state index contributed by atoms with van der Waals surface area (Å²) < 4.78 is 4.80. The Kier molecular flexibility index (Phi) is 5.03. The topological polar surface area (TPSA) is 66.8 Å². The molecular formula is C15H21NO4. The first-order valence-corrected chi connectivity index (χ1v) is 6.34. The third kappa shape index (κ3) is 3.88. The highest BCUT2D eigenvalue weighted by molar-refractivity contribution is 6.17. The Balaban J connectivity index is 3.30. The molecule has 0 unspecified atom stereocenters. The van der Waals surface area contributed by atoms with E-state index in [4.69, 9.17) is 4.74 Å². The van der Waals surface area contributed by atoms with Gasteiger partial charge in [-0.15, -0.1) is 0 Å². The molecule has 20 heavy (non-hydrogen) atoms. The third-order valence-corrected chi connectivity index (χ3v) is 2.71. The van der Waals surface area contributed by atoms with Gasteiger partial charge in [-0.2, -0.15) is 0 Å². The molecule has 0 aliphatic rings. The number of rotatable bonds is 4. The van der Waals surface area contributed by atoms with E-state index in [9.17, 15) is 14.7 Å². The zero-order valence-electron chi connectivity index (χ0n) is 12.6. The van der Waals surface area contributed by atoms with E-state index < -0.39 is 17.4 Å². The summed E-state index contributed by atoms with van der Waals surface area (Å²) in [6, 6.07) is 5.39. The van der Waals surface area contributed by atoms with E-state index in [1.54, 1.807) is 12.1 Å². The van der Waals surface area contributed by atoms with Crippen LogP contribution in [0.25, 0.3) is 0 Å². The average molecular weight is 279 g/mol. The maximum absolute atomic E-state index is 12.3. The molecule has 0 bridgehead atoms. The summed E-state index contributed by atoms with van der Waals surface area (Å²) in [5.74, 6) is -1.19. The van der Waals surface area contributed by atoms with Crippen molar-refractivity contribution in [2.45, 2.75) is 33.3 Å². The maximum atomic E-state index is 12.3. The number of amides is 2. The number of aliphatic hydroxyl groups is 1. The van der Waals surface area contributed by atoms with Gasteiger partial charge in [-0.3, -0.25) is 9.59 Å². The summed E-state index contributed by atoms with van der Waals surface area (Å²) in [5.41, 5.74) is 0.662. The molecule has 0 spiro atoms. The van der Waals surface area contributed by atoms with Gasteiger partial charge in [-0.1, -0.05) is 6.07 Å². The molecule has 0 aliphatic carbocycles. The number of hydrogen-bond acceptors (Lipinski definition) is 4. The first-order chi connectivity index (χ1) is 9.16. The van der Waals surface area contributed by atoms with Crippen LogP contribution in [0, 0.1) is 13.8 Å². The summed E-state index contributed by atoms with van der Waals surface area (Å²) in [4.78, 5) is 25.4. The minimum absolute atomic E-state index is 0.227. The number of anilines is 1. The summed E-state index contributed by atoms with van der Waals surface area (Å²) in [5, 5.41) is 9.89. The van der Waals surface area contributed by atoms with E-state index in [1.807, 2.05) is 19.9 Å². The predicted molar refractivity (Wildman–Crippen MR) is 76.6 cm³/mol. The molecule has 110 valence electrons. The standard InChI is InChI=1S/C15H21NO4/c1-10-6-11(2)8-12(7-10)16(13(17)9-20-5)14(18)15(3,4)19/h6-8,19H,9H2,1-5H3. The highest BCUT2D eigenvalue weighted by atomic mass is 16.5. The minimum Gasteiger partial charge on any atom is -0.381 e. The molecule has 0 saturated heterocycles. The number of carbonyl (C=O) groups excluding carboxylic acids is 2. The van der Waals surface area contributed by atoms with Crippen molar-refractivity contribution in [3.8, 4) is 0 Å². The number of hydrogen-bond donors (Lipinski definition) is 1. The lowest BCUT2D eigenvalue weighted by atomic mass is 10.1. The van der Waals surface area contributed by atoms with Gasteiger partial charge in [0.25, 0.3) is 11.8 Å². The highest BCUT2D eigenvalue weighted by Crippen LogP contribution is 2.22. The average Bonchev–Trinajstić information content (AvgIpc) is 2.26. The van der Waals surface area contributed by atoms with E-state index in [-0.39, 0.29) is 6.61 Å². The molecule has 0 saturated carbocycles. The van der Waals surface area contributed by atoms with Gasteiger partial charge in [-0.05, 0) is 51.0 Å². The van der Waals surface area contributed by atoms with Gasteiger partial charge >= 0.3 is 0 Å². The number of ether oxygens (including phenoxy) is 1. The monoisotopic (exact) mass is 279 g/mol. The van der Waals surface area contributed by atoms with Crippen molar-refractivity contribution in [3.63, 3.8) is 0 Å². The summed E-state index contributed by atoms with van der Waals surface area (Å²) in [7, 11) is 1.38. The molecule has 0 aliphatic heterocycles. The fourth-order valence-electron chi connectivity index (χ4n) is 1.92. The number of nitrogens with zero attached hydrogens (tertiary/aromatic N) is 1. The van der Waals surface area contributed by atoms with Crippen LogP contribution in [0.2, 0.25) is 0 Å². The second-order valence-corrected chi connectivity index (χ2v) is 5.37. The summed E-state index contributed by atoms with van der Waals surface area (Å²) in [6.45, 7) is 6.24. The van der Waals surface area contributed by atoms with Crippen LogP contribution in [-0.4, -0.2) is 36.2 Å². The molecule has 0 heterocycles. The first kappa shape index (κ1) is 16.3. The lowest BCUT2D eigenvalue weighted by molar-refractivity contribution is -0.138. The number of methoxy groups -OCH3 is 1. The second-order valence-electron chi connectivity index (χ2n) is 5.37. The van der Waals surface area contributed by atoms with Gasteiger partial charge in [-0.25, -0.2) is 4.90 Å². The first-order valence-electron chi connectivity index (χ1n) is 6.34. The number of benzene rings is 1. The van der Waals surface area contributed by atoms with Gasteiger partial charge in [0.2, 0.25) is 0 Å².